The van der Waals surface area contributed by atoms with Crippen molar-refractivity contribution in [3.05, 3.63) is 0 Å². The van der Waals surface area contributed by atoms with Crippen molar-refractivity contribution >= 4 is 239 Å². The third-order valence-corrected chi connectivity index (χ3v) is 26.7. The molecule has 0 aliphatic heterocycles. The van der Waals surface area contributed by atoms with Crippen LogP contribution in [0.5, 0.6) is 0 Å². The highest BCUT2D eigenvalue weighted by Gasteiger charge is 2.77. The molecule has 0 fully saturated rings. The van der Waals surface area contributed by atoms with Gasteiger partial charge in [-0.2, -0.15) is 0 Å². The smallest absolute Gasteiger partial charge is 0.202 e. The van der Waals surface area contributed by atoms with Gasteiger partial charge < -0.3 is 5.11 Å². The average Bonchev–Trinajstić information content (AvgIpc) is 2.22. The summed E-state index contributed by atoms with van der Waals surface area (Å²) in [5.41, 5.74) is 0. The fraction of sp³-hybridized carbons (Fsp3) is 1.00. The van der Waals surface area contributed by atoms with Crippen LogP contribution in [0.15, 0.2) is 0 Å². The Labute approximate surface area is 260 Å². The fourth-order valence-electron chi connectivity index (χ4n) is 1.12. The van der Waals surface area contributed by atoms with E-state index in [1.165, 1.54) is 0 Å². The number of hydrogen-bond donors (Lipinski definition) is 1. The predicted molar refractivity (Wildman–Crippen MR) is 155 cm³/mol. The largest absolute Gasteiger partial charge is 0.368 e. The van der Waals surface area contributed by atoms with Crippen LogP contribution in [0.4, 0.5) is 0 Å². The van der Waals surface area contributed by atoms with Crippen molar-refractivity contribution < 1.29 is 5.11 Å². The summed E-state index contributed by atoms with van der Waals surface area (Å²) >= 11 is 53.2. The molecule has 16 heteroatoms. The van der Waals surface area contributed by atoms with Gasteiger partial charge in [-0.05, 0) is 31.9 Å². The van der Waals surface area contributed by atoms with Gasteiger partial charge in [-0.1, -0.05) is 207 Å². The topological polar surface area (TPSA) is 20.2 Å². The summed E-state index contributed by atoms with van der Waals surface area (Å²) in [6, 6.07) is 0. The Balaban J connectivity index is 6.65. The lowest BCUT2D eigenvalue weighted by Crippen LogP contribution is -2.69. The first-order chi connectivity index (χ1) is 9.50. The molecule has 0 heterocycles. The fourth-order valence-corrected chi connectivity index (χ4v) is 17.4. The van der Waals surface area contributed by atoms with Crippen LogP contribution in [0.3, 0.4) is 0 Å². The summed E-state index contributed by atoms with van der Waals surface area (Å²) in [5.74, 6) is 0. The van der Waals surface area contributed by atoms with Gasteiger partial charge in [-0.15, -0.1) is 0 Å². The van der Waals surface area contributed by atoms with E-state index >= 15 is 0 Å². The Kier molecular flexibility index (Phi) is 12.5. The first-order valence-corrected chi connectivity index (χ1v) is 16.5. The molecular formula is C7HBr15O. The number of aliphatic hydroxyl groups is 1. The van der Waals surface area contributed by atoms with E-state index < -0.39 is 21.7 Å². The van der Waals surface area contributed by atoms with E-state index in [0.717, 1.165) is 0 Å². The molecule has 0 aliphatic rings. The predicted octanol–water partition coefficient (Wildman–Crippen LogP) is 10.7. The average molecular weight is 1300 g/mol. The SMILES string of the molecule is OC(Br)(Br)C(Br)(Br)C(Br)(Br)C(Br)(Br)C(Br)(C(Br)(Br)Br)C(Br)(Br)Br. The van der Waals surface area contributed by atoms with E-state index in [0.29, 0.717) is 0 Å². The molecular weight excluding hydrogens is 1300 g/mol. The molecule has 0 aliphatic carbocycles. The maximum atomic E-state index is 10.5. The van der Waals surface area contributed by atoms with Crippen molar-refractivity contribution in [2.24, 2.45) is 0 Å². The van der Waals surface area contributed by atoms with Crippen molar-refractivity contribution in [3.8, 4) is 0 Å². The lowest BCUT2D eigenvalue weighted by Gasteiger charge is -2.57. The minimum atomic E-state index is -1.55. The van der Waals surface area contributed by atoms with Crippen LogP contribution in [-0.4, -0.2) is 26.8 Å². The van der Waals surface area contributed by atoms with Gasteiger partial charge in [0.25, 0.3) is 0 Å². The van der Waals surface area contributed by atoms with E-state index in [4.69, 9.17) is 0 Å². The molecule has 0 radical (unpaired) electrons. The highest BCUT2D eigenvalue weighted by molar-refractivity contribution is 9.42. The minimum Gasteiger partial charge on any atom is -0.368 e. The minimum absolute atomic E-state index is 0.872. The second kappa shape index (κ2) is 9.57. The molecule has 0 saturated heterocycles. The second-order valence-electron chi connectivity index (χ2n) is 3.92. The second-order valence-corrected chi connectivity index (χ2v) is 32.3. The molecule has 0 spiro atoms. The Morgan fingerprint density at radius 1 is 0.391 bits per heavy atom. The monoisotopic (exact) mass is 1280 g/mol. The zero-order valence-electron chi connectivity index (χ0n) is 9.62. The van der Waals surface area contributed by atoms with Gasteiger partial charge >= 0.3 is 0 Å². The van der Waals surface area contributed by atoms with Crippen molar-refractivity contribution in [2.45, 2.75) is 21.7 Å². The van der Waals surface area contributed by atoms with Crippen LogP contribution in [0, 0.1) is 0 Å². The number of rotatable bonds is 4. The van der Waals surface area contributed by atoms with Crippen molar-refractivity contribution in [2.75, 3.05) is 0 Å². The van der Waals surface area contributed by atoms with E-state index in [1.54, 1.807) is 0 Å². The molecule has 0 aromatic rings. The van der Waals surface area contributed by atoms with Crippen molar-refractivity contribution in [1.82, 2.24) is 0 Å². The van der Waals surface area contributed by atoms with Crippen LogP contribution < -0.4 is 0 Å². The Bertz CT molecular complexity index is 422. The molecule has 0 bridgehead atoms. The molecule has 1 nitrogen and oxygen atoms in total. The van der Waals surface area contributed by atoms with Gasteiger partial charge in [-0.25, -0.2) is 0 Å². The number of halogens is 15. The van der Waals surface area contributed by atoms with Crippen LogP contribution >= 0.6 is 239 Å². The summed E-state index contributed by atoms with van der Waals surface area (Å²) in [6.45, 7) is 0. The Morgan fingerprint density at radius 3 is 0.826 bits per heavy atom. The Hall–Kier alpha value is 7.16. The third-order valence-electron chi connectivity index (χ3n) is 2.38. The molecule has 0 unspecified atom stereocenters. The highest BCUT2D eigenvalue weighted by Crippen LogP contribution is 2.77. The summed E-state index contributed by atoms with van der Waals surface area (Å²) in [4.78, 5) is 0. The zero-order valence-corrected chi connectivity index (χ0v) is 33.4. The third kappa shape index (κ3) is 5.75. The quantitative estimate of drug-likeness (QED) is 0.278. The van der Waals surface area contributed by atoms with Gasteiger partial charge in [-0.3, -0.25) is 0 Å². The summed E-state index contributed by atoms with van der Waals surface area (Å²) in [7, 11) is 0. The standard InChI is InChI=1S/C7HBr15O/c8-1(5(15,16)17,6(18,19)20)2(9,10)3(11,12)4(13,14)7(21,22)23/h23H. The lowest BCUT2D eigenvalue weighted by atomic mass is 10.0. The maximum Gasteiger partial charge on any atom is 0.202 e. The van der Waals surface area contributed by atoms with Gasteiger partial charge in [0.15, 0.2) is 7.52 Å². The zero-order chi connectivity index (χ0) is 19.5. The molecule has 0 aromatic carbocycles. The van der Waals surface area contributed by atoms with Crippen molar-refractivity contribution in [1.29, 1.82) is 0 Å². The van der Waals surface area contributed by atoms with Gasteiger partial charge in [0.05, 0.1) is 0 Å². The van der Waals surface area contributed by atoms with E-state index in [-0.39, 0.29) is 0 Å². The molecule has 0 rings (SSSR count). The summed E-state index contributed by atoms with van der Waals surface area (Å²) in [5, 5.41) is 10.5. The normalized spacial score (nSPS) is 16.7. The first-order valence-electron chi connectivity index (χ1n) is 4.56. The molecule has 0 aromatic heterocycles. The van der Waals surface area contributed by atoms with Crippen molar-refractivity contribution in [3.63, 3.8) is 0 Å². The van der Waals surface area contributed by atoms with Crippen LogP contribution in [0.2, 0.25) is 0 Å². The molecule has 1 N–H and O–H groups in total. The van der Waals surface area contributed by atoms with E-state index in [9.17, 15) is 5.11 Å². The van der Waals surface area contributed by atoms with Gasteiger partial charge in [0, 0.05) is 0 Å². The van der Waals surface area contributed by atoms with E-state index in [2.05, 4.69) is 239 Å². The van der Waals surface area contributed by atoms with Gasteiger partial charge in [0.1, 0.15) is 10.8 Å². The van der Waals surface area contributed by atoms with Crippen LogP contribution in [0.1, 0.15) is 0 Å². The Morgan fingerprint density at radius 2 is 0.652 bits per heavy atom. The molecule has 0 atom stereocenters. The van der Waals surface area contributed by atoms with Crippen LogP contribution in [-0.2, 0) is 0 Å². The number of alkyl halides is 15. The van der Waals surface area contributed by atoms with E-state index in [1.807, 2.05) is 0 Å². The van der Waals surface area contributed by atoms with Crippen LogP contribution in [0.25, 0.3) is 0 Å². The molecule has 0 saturated carbocycles. The van der Waals surface area contributed by atoms with Gasteiger partial charge in [0.2, 0.25) is 3.42 Å². The summed E-state index contributed by atoms with van der Waals surface area (Å²) in [6.07, 6.45) is 0. The first kappa shape index (κ1) is 30.2. The molecule has 23 heavy (non-hydrogen) atoms. The molecule has 140 valence electrons. The molecule has 0 amide bonds. The number of hydrogen-bond acceptors (Lipinski definition) is 1. The maximum absolute atomic E-state index is 10.5. The lowest BCUT2D eigenvalue weighted by molar-refractivity contribution is 0.227. The highest BCUT2D eigenvalue weighted by atomic mass is 80.0. The summed E-state index contributed by atoms with van der Waals surface area (Å²) < 4.78 is -7.64.